The zero-order valence-corrected chi connectivity index (χ0v) is 38.8. The predicted octanol–water partition coefficient (Wildman–Crippen LogP) is 5.03. The lowest BCUT2D eigenvalue weighted by atomic mass is 9.93. The molecule has 0 radical (unpaired) electrons. The molecule has 24 nitrogen and oxygen atoms in total. The van der Waals surface area contributed by atoms with Crippen LogP contribution in [0.1, 0.15) is 62.1 Å². The summed E-state index contributed by atoms with van der Waals surface area (Å²) in [6.45, 7) is 0. The van der Waals surface area contributed by atoms with Crippen LogP contribution in [0.2, 0.25) is 0 Å². The fraction of sp³-hybridized carbons (Fsp3) is 0.173. The van der Waals surface area contributed by atoms with Crippen LogP contribution in [0.25, 0.3) is 0 Å². The number of fused-ring (bicyclic) bond motifs is 3. The van der Waals surface area contributed by atoms with E-state index in [0.29, 0.717) is 16.7 Å². The van der Waals surface area contributed by atoms with Crippen molar-refractivity contribution in [3.8, 4) is 115 Å². The minimum absolute atomic E-state index is 0.0526. The number of ether oxygens (including phenoxy) is 4. The molecule has 0 spiro atoms. The van der Waals surface area contributed by atoms with Crippen molar-refractivity contribution in [3.05, 3.63) is 130 Å². The zero-order valence-electron chi connectivity index (χ0n) is 38.8. The molecule has 0 saturated carbocycles. The van der Waals surface area contributed by atoms with E-state index in [1.165, 1.54) is 42.5 Å². The fourth-order valence-electron chi connectivity index (χ4n) is 8.56. The SMILES string of the molecule is O=C(O[C@@H]1Cc2c(O)cc(O)cc2O[C@@H]1c1cc(O)c(O)c(O)c1)c1cc(O)c(O)c(O)c1.Oc1cc(O)c2c(c1)O[C@H](c1cc(O)c(O)c(O)c1)[C@H](O)C2.Oc1cc(O)c2c(c1)O[C@H](c1ccc(O)c(O)c1)[C@H](O)C2. The van der Waals surface area contributed by atoms with Gasteiger partial charge in [-0.3, -0.25) is 0 Å². The number of hydrogen-bond acceptors (Lipinski definition) is 24. The van der Waals surface area contributed by atoms with Gasteiger partial charge in [-0.15, -0.1) is 0 Å². The quantitative estimate of drug-likeness (QED) is 0.0793. The number of carbonyl (C=O) groups is 1. The normalized spacial score (nSPS) is 19.0. The maximum Gasteiger partial charge on any atom is 0.338 e. The molecule has 7 aromatic rings. The third kappa shape index (κ3) is 10.5. The molecule has 0 saturated heterocycles. The van der Waals surface area contributed by atoms with E-state index in [4.69, 9.17) is 18.9 Å². The zero-order chi connectivity index (χ0) is 55.2. The molecule has 3 heterocycles. The van der Waals surface area contributed by atoms with Crippen LogP contribution in [0.15, 0.2) is 91.0 Å². The monoisotopic (exact) mass is 1050 g/mol. The summed E-state index contributed by atoms with van der Waals surface area (Å²) in [6, 6.07) is 17.6. The lowest BCUT2D eigenvalue weighted by Gasteiger charge is -2.34. The molecular weight excluding hydrogens is 1010 g/mol. The van der Waals surface area contributed by atoms with E-state index in [0.717, 1.165) is 48.5 Å². The molecule has 10 rings (SSSR count). The predicted molar refractivity (Wildman–Crippen MR) is 256 cm³/mol. The summed E-state index contributed by atoms with van der Waals surface area (Å²) in [4.78, 5) is 12.7. The number of rotatable bonds is 5. The molecule has 24 heteroatoms. The lowest BCUT2D eigenvalue weighted by molar-refractivity contribution is -0.0189. The molecule has 0 aromatic heterocycles. The van der Waals surface area contributed by atoms with E-state index in [2.05, 4.69) is 0 Å². The van der Waals surface area contributed by atoms with Gasteiger partial charge in [0.2, 0.25) is 0 Å². The Morgan fingerprint density at radius 1 is 0.368 bits per heavy atom. The van der Waals surface area contributed by atoms with E-state index in [9.17, 15) is 102 Å². The van der Waals surface area contributed by atoms with Gasteiger partial charge < -0.3 is 116 Å². The van der Waals surface area contributed by atoms with Gasteiger partial charge in [0.05, 0.1) is 17.8 Å². The molecule has 0 unspecified atom stereocenters. The Morgan fingerprint density at radius 2 is 0.711 bits per heavy atom. The van der Waals surface area contributed by atoms with Crippen molar-refractivity contribution in [1.29, 1.82) is 0 Å². The van der Waals surface area contributed by atoms with Crippen molar-refractivity contribution in [2.45, 2.75) is 55.9 Å². The highest BCUT2D eigenvalue weighted by Crippen LogP contribution is 2.48. The van der Waals surface area contributed by atoms with Crippen molar-refractivity contribution in [3.63, 3.8) is 0 Å². The maximum absolute atomic E-state index is 12.7. The minimum atomic E-state index is -1.18. The second kappa shape index (κ2) is 20.4. The van der Waals surface area contributed by atoms with E-state index in [1.54, 1.807) is 0 Å². The molecule has 19 N–H and O–H groups in total. The first-order valence-corrected chi connectivity index (χ1v) is 22.3. The van der Waals surface area contributed by atoms with Gasteiger partial charge in [0.25, 0.3) is 0 Å². The molecule has 0 bridgehead atoms. The maximum atomic E-state index is 12.7. The number of carbonyl (C=O) groups excluding carboxylic acids is 1. The highest BCUT2D eigenvalue weighted by molar-refractivity contribution is 5.91. The van der Waals surface area contributed by atoms with Crippen LogP contribution in [0.5, 0.6) is 115 Å². The van der Waals surface area contributed by atoms with Gasteiger partial charge in [-0.1, -0.05) is 6.07 Å². The Kier molecular flexibility index (Phi) is 14.1. The average molecular weight is 1050 g/mol. The Hall–Kier alpha value is -10.1. The Bertz CT molecular complexity index is 3320. The smallest absolute Gasteiger partial charge is 0.338 e. The Labute approximate surface area is 426 Å². The van der Waals surface area contributed by atoms with Gasteiger partial charge in [-0.05, 0) is 54.1 Å². The summed E-state index contributed by atoms with van der Waals surface area (Å²) in [7, 11) is 0. The molecule has 6 atom stereocenters. The topological polar surface area (TPSA) is 438 Å². The van der Waals surface area contributed by atoms with Crippen LogP contribution >= 0.6 is 0 Å². The molecule has 76 heavy (non-hydrogen) atoms. The number of benzene rings is 7. The number of aliphatic hydroxyl groups excluding tert-OH is 2. The third-order valence-corrected chi connectivity index (χ3v) is 12.3. The summed E-state index contributed by atoms with van der Waals surface area (Å²) in [5, 5.41) is 184. The third-order valence-electron chi connectivity index (χ3n) is 12.3. The van der Waals surface area contributed by atoms with Crippen molar-refractivity contribution in [2.75, 3.05) is 0 Å². The molecular formula is C52H46O24. The first-order valence-electron chi connectivity index (χ1n) is 22.3. The first-order chi connectivity index (χ1) is 35.9. The van der Waals surface area contributed by atoms with E-state index in [-0.39, 0.29) is 105 Å². The highest BCUT2D eigenvalue weighted by atomic mass is 16.6. The number of esters is 1. The number of aromatic hydroxyl groups is 17. The fourth-order valence-corrected chi connectivity index (χ4v) is 8.56. The molecule has 7 aromatic carbocycles. The molecule has 0 aliphatic carbocycles. The van der Waals surface area contributed by atoms with Gasteiger partial charge >= 0.3 is 5.97 Å². The van der Waals surface area contributed by atoms with Gasteiger partial charge in [0, 0.05) is 83.5 Å². The van der Waals surface area contributed by atoms with E-state index < -0.39 is 94.3 Å². The number of aliphatic hydroxyl groups is 2. The summed E-state index contributed by atoms with van der Waals surface area (Å²) in [6.07, 6.45) is -5.97. The first kappa shape index (κ1) is 52.3. The molecule has 3 aliphatic rings. The number of phenols is 17. The highest BCUT2D eigenvalue weighted by Gasteiger charge is 2.38. The summed E-state index contributed by atoms with van der Waals surface area (Å²) >= 11 is 0. The van der Waals surface area contributed by atoms with Crippen LogP contribution in [-0.2, 0) is 24.0 Å². The van der Waals surface area contributed by atoms with Gasteiger partial charge in [0.1, 0.15) is 64.0 Å². The molecule has 398 valence electrons. The van der Waals surface area contributed by atoms with Gasteiger partial charge in [-0.2, -0.15) is 0 Å². The van der Waals surface area contributed by atoms with E-state index in [1.807, 2.05) is 0 Å². The van der Waals surface area contributed by atoms with Crippen molar-refractivity contribution in [1.82, 2.24) is 0 Å². The van der Waals surface area contributed by atoms with Crippen LogP contribution in [0.4, 0.5) is 0 Å². The van der Waals surface area contributed by atoms with Crippen LogP contribution in [0, 0.1) is 0 Å². The second-order valence-corrected chi connectivity index (χ2v) is 17.6. The van der Waals surface area contributed by atoms with Crippen LogP contribution in [0.3, 0.4) is 0 Å². The minimum Gasteiger partial charge on any atom is -0.508 e. The summed E-state index contributed by atoms with van der Waals surface area (Å²) in [5.41, 5.74) is 1.48. The standard InChI is InChI=1S/C22H18O11.C15H14O7.C15H14O6/c23-10-5-12(24)11-7-18(33-22(31)9-3-15(27)20(30)16(28)4-9)21(32-17(11)6-10)8-1-13(25)19(29)14(26)2-8;16-7-3-9(17)8-5-12(20)15(22-13(8)4-7)6-1-10(18)14(21)11(19)2-6;16-8-4-11(18)9-6-13(20)15(21-14(9)5-8)7-1-2-10(17)12(19)3-7/h1-6,18,21,23-30H,7H2;1-4,12,15-21H,5H2;1-5,13,15-20H,6H2/t18-,21-;12-,15-;13-,15-/m111/s1. The second-order valence-electron chi connectivity index (χ2n) is 17.6. The van der Waals surface area contributed by atoms with E-state index >= 15 is 0 Å². The Morgan fingerprint density at radius 3 is 1.12 bits per heavy atom. The van der Waals surface area contributed by atoms with Gasteiger partial charge in [0.15, 0.2) is 75.5 Å². The number of phenolic OH excluding ortho intramolecular Hbond substituents is 17. The lowest BCUT2D eigenvalue weighted by Crippen LogP contribution is -2.34. The van der Waals surface area contributed by atoms with Crippen molar-refractivity contribution < 1.29 is 121 Å². The van der Waals surface area contributed by atoms with Gasteiger partial charge in [-0.25, -0.2) is 4.79 Å². The van der Waals surface area contributed by atoms with Crippen LogP contribution in [-0.4, -0.2) is 121 Å². The molecule has 3 aliphatic heterocycles. The largest absolute Gasteiger partial charge is 0.508 e. The summed E-state index contributed by atoms with van der Waals surface area (Å²) < 4.78 is 22.5. The summed E-state index contributed by atoms with van der Waals surface area (Å²) in [5.74, 6) is -8.59. The number of hydrogen-bond donors (Lipinski definition) is 19. The Balaban J connectivity index is 0.000000157. The molecule has 0 amide bonds. The van der Waals surface area contributed by atoms with Crippen molar-refractivity contribution in [2.24, 2.45) is 0 Å². The molecule has 0 fully saturated rings. The van der Waals surface area contributed by atoms with Crippen molar-refractivity contribution >= 4 is 5.97 Å². The van der Waals surface area contributed by atoms with Crippen LogP contribution < -0.4 is 14.2 Å². The average Bonchev–Trinajstić information content (AvgIpc) is 3.36.